The summed E-state index contributed by atoms with van der Waals surface area (Å²) in [6, 6.07) is 16.6. The number of nitrogens with one attached hydrogen (secondary N) is 1. The minimum absolute atomic E-state index is 0.548. The number of allylic oxidation sites excluding steroid dienone is 1. The Labute approximate surface area is 144 Å². The average Bonchev–Trinajstić information content (AvgIpc) is 2.61. The van der Waals surface area contributed by atoms with Crippen LogP contribution in [0, 0.1) is 12.3 Å². The van der Waals surface area contributed by atoms with Gasteiger partial charge in [0.25, 0.3) is 0 Å². The topological polar surface area (TPSA) is 36.3 Å². The van der Waals surface area contributed by atoms with Crippen LogP contribution in [0.15, 0.2) is 54.6 Å². The summed E-state index contributed by atoms with van der Waals surface area (Å²) in [6.45, 7) is 6.65. The lowest BCUT2D eigenvalue weighted by atomic mass is 10.0. The highest BCUT2D eigenvalue weighted by molar-refractivity contribution is 6.09. The van der Waals surface area contributed by atoms with E-state index in [0.29, 0.717) is 5.71 Å². The zero-order chi connectivity index (χ0) is 16.8. The van der Waals surface area contributed by atoms with Crippen LogP contribution in [0.2, 0.25) is 0 Å². The molecule has 1 saturated heterocycles. The van der Waals surface area contributed by atoms with Crippen molar-refractivity contribution >= 4 is 11.8 Å². The van der Waals surface area contributed by atoms with Gasteiger partial charge in [-0.25, -0.2) is 0 Å². The van der Waals surface area contributed by atoms with Gasteiger partial charge in [0.2, 0.25) is 0 Å². The molecule has 0 atom stereocenters. The van der Waals surface area contributed by atoms with Crippen LogP contribution in [-0.4, -0.2) is 36.9 Å². The first-order valence-electron chi connectivity index (χ1n) is 8.44. The van der Waals surface area contributed by atoms with E-state index in [4.69, 9.17) is 10.1 Å². The van der Waals surface area contributed by atoms with Gasteiger partial charge in [0, 0.05) is 25.2 Å². The van der Waals surface area contributed by atoms with E-state index >= 15 is 0 Å². The maximum absolute atomic E-state index is 8.27. The van der Waals surface area contributed by atoms with Crippen LogP contribution >= 0.6 is 0 Å². The number of hydrogen-bond donors (Lipinski definition) is 1. The summed E-state index contributed by atoms with van der Waals surface area (Å²) in [5.74, 6) is 0. The second-order valence-corrected chi connectivity index (χ2v) is 6.20. The first-order valence-corrected chi connectivity index (χ1v) is 8.44. The third-order valence-electron chi connectivity index (χ3n) is 4.34. The fourth-order valence-corrected chi connectivity index (χ4v) is 2.96. The van der Waals surface area contributed by atoms with Crippen LogP contribution in [0.4, 0.5) is 0 Å². The monoisotopic (exact) mass is 320 g/mol. The van der Waals surface area contributed by atoms with Crippen molar-refractivity contribution in [3.8, 4) is 0 Å². The van der Waals surface area contributed by atoms with E-state index in [1.54, 1.807) is 0 Å². The highest BCUT2D eigenvalue weighted by Gasteiger charge is 2.10. The van der Waals surface area contributed by atoms with Gasteiger partial charge in [0.05, 0.1) is 18.9 Å². The zero-order valence-electron chi connectivity index (χ0n) is 14.2. The maximum atomic E-state index is 8.27. The summed E-state index contributed by atoms with van der Waals surface area (Å²) in [5.41, 5.74) is 5.11. The fraction of sp³-hybridized carbons (Fsp3) is 0.286. The van der Waals surface area contributed by atoms with E-state index < -0.39 is 0 Å². The second-order valence-electron chi connectivity index (χ2n) is 6.20. The zero-order valence-corrected chi connectivity index (χ0v) is 14.2. The van der Waals surface area contributed by atoms with E-state index in [1.807, 2.05) is 43.3 Å². The second kappa shape index (κ2) is 8.04. The molecule has 0 unspecified atom stereocenters. The molecular formula is C21H24N2O. The van der Waals surface area contributed by atoms with Crippen molar-refractivity contribution in [2.24, 2.45) is 0 Å². The Kier molecular flexibility index (Phi) is 5.57. The molecule has 0 bridgehead atoms. The summed E-state index contributed by atoms with van der Waals surface area (Å²) in [6.07, 6.45) is 3.91. The van der Waals surface area contributed by atoms with Crippen molar-refractivity contribution in [2.45, 2.75) is 13.5 Å². The molecule has 0 amide bonds. The average molecular weight is 320 g/mol. The first kappa shape index (κ1) is 16.6. The molecule has 3 heteroatoms. The predicted octanol–water partition coefficient (Wildman–Crippen LogP) is 3.91. The Balaban J connectivity index is 1.67. The molecule has 1 aliphatic rings. The van der Waals surface area contributed by atoms with Crippen LogP contribution in [0.25, 0.3) is 6.08 Å². The molecule has 0 spiro atoms. The third kappa shape index (κ3) is 4.40. The number of morpholine rings is 1. The highest BCUT2D eigenvalue weighted by atomic mass is 16.5. The van der Waals surface area contributed by atoms with Gasteiger partial charge < -0.3 is 10.1 Å². The summed E-state index contributed by atoms with van der Waals surface area (Å²) >= 11 is 0. The van der Waals surface area contributed by atoms with E-state index in [-0.39, 0.29) is 0 Å². The Morgan fingerprint density at radius 2 is 1.92 bits per heavy atom. The molecular weight excluding hydrogens is 296 g/mol. The summed E-state index contributed by atoms with van der Waals surface area (Å²) in [4.78, 5) is 2.42. The van der Waals surface area contributed by atoms with Gasteiger partial charge in [0.1, 0.15) is 0 Å². The molecule has 3 rings (SSSR count). The highest BCUT2D eigenvalue weighted by Crippen LogP contribution is 2.13. The third-order valence-corrected chi connectivity index (χ3v) is 4.34. The van der Waals surface area contributed by atoms with Gasteiger partial charge in [-0.05, 0) is 29.7 Å². The first-order chi connectivity index (χ1) is 11.7. The standard InChI is InChI=1S/C21H24N2O/c1-17-5-2-3-8-20(17)21(22)10-9-18-6-4-7-19(15-18)16-23-11-13-24-14-12-23/h2-10,15,22H,11-14,16H2,1H3/b10-9+,22-21?. The smallest absolute Gasteiger partial charge is 0.0615 e. The molecule has 1 aliphatic heterocycles. The fourth-order valence-electron chi connectivity index (χ4n) is 2.96. The predicted molar refractivity (Wildman–Crippen MR) is 99.6 cm³/mol. The van der Waals surface area contributed by atoms with Crippen molar-refractivity contribution in [1.82, 2.24) is 4.90 Å². The molecule has 2 aromatic rings. The molecule has 1 N–H and O–H groups in total. The van der Waals surface area contributed by atoms with Crippen LogP contribution in [0.5, 0.6) is 0 Å². The van der Waals surface area contributed by atoms with Gasteiger partial charge in [-0.1, -0.05) is 54.6 Å². The molecule has 3 nitrogen and oxygen atoms in total. The Morgan fingerprint density at radius 1 is 1.12 bits per heavy atom. The SMILES string of the molecule is Cc1ccccc1C(=N)/C=C/c1cccc(CN2CCOCC2)c1. The molecule has 124 valence electrons. The number of aryl methyl sites for hydroxylation is 1. The molecule has 1 heterocycles. The van der Waals surface area contributed by atoms with Gasteiger partial charge >= 0.3 is 0 Å². The number of nitrogens with zero attached hydrogens (tertiary/aromatic N) is 1. The largest absolute Gasteiger partial charge is 0.379 e. The van der Waals surface area contributed by atoms with Crippen molar-refractivity contribution in [1.29, 1.82) is 5.41 Å². The minimum Gasteiger partial charge on any atom is -0.379 e. The van der Waals surface area contributed by atoms with Gasteiger partial charge in [-0.3, -0.25) is 4.90 Å². The van der Waals surface area contributed by atoms with Crippen molar-refractivity contribution in [3.05, 3.63) is 76.9 Å². The van der Waals surface area contributed by atoms with Crippen LogP contribution in [-0.2, 0) is 11.3 Å². The van der Waals surface area contributed by atoms with Gasteiger partial charge in [-0.2, -0.15) is 0 Å². The number of rotatable bonds is 5. The maximum Gasteiger partial charge on any atom is 0.0615 e. The normalized spacial score (nSPS) is 15.7. The van der Waals surface area contributed by atoms with Crippen LogP contribution < -0.4 is 0 Å². The van der Waals surface area contributed by atoms with E-state index in [9.17, 15) is 0 Å². The lowest BCUT2D eigenvalue weighted by molar-refractivity contribution is 0.0342. The number of hydrogen-bond acceptors (Lipinski definition) is 3. The van der Waals surface area contributed by atoms with Crippen LogP contribution in [0.3, 0.4) is 0 Å². The number of ether oxygens (including phenoxy) is 1. The molecule has 24 heavy (non-hydrogen) atoms. The summed E-state index contributed by atoms with van der Waals surface area (Å²) in [7, 11) is 0. The molecule has 0 radical (unpaired) electrons. The summed E-state index contributed by atoms with van der Waals surface area (Å²) in [5, 5.41) is 8.27. The molecule has 0 aromatic heterocycles. The lowest BCUT2D eigenvalue weighted by Gasteiger charge is -2.26. The van der Waals surface area contributed by atoms with Gasteiger partial charge in [0.15, 0.2) is 0 Å². The van der Waals surface area contributed by atoms with E-state index in [1.165, 1.54) is 5.56 Å². The molecule has 0 aliphatic carbocycles. The van der Waals surface area contributed by atoms with Crippen LogP contribution in [0.1, 0.15) is 22.3 Å². The quantitative estimate of drug-likeness (QED) is 0.848. The lowest BCUT2D eigenvalue weighted by Crippen LogP contribution is -2.35. The Morgan fingerprint density at radius 3 is 2.71 bits per heavy atom. The molecule has 2 aromatic carbocycles. The van der Waals surface area contributed by atoms with Crippen molar-refractivity contribution in [3.63, 3.8) is 0 Å². The Bertz CT molecular complexity index is 730. The molecule has 1 fully saturated rings. The van der Waals surface area contributed by atoms with Gasteiger partial charge in [-0.15, -0.1) is 0 Å². The molecule has 0 saturated carbocycles. The van der Waals surface area contributed by atoms with Crippen molar-refractivity contribution < 1.29 is 4.74 Å². The minimum atomic E-state index is 0.548. The van der Waals surface area contributed by atoms with Crippen molar-refractivity contribution in [2.75, 3.05) is 26.3 Å². The number of benzene rings is 2. The summed E-state index contributed by atoms with van der Waals surface area (Å²) < 4.78 is 5.40. The van der Waals surface area contributed by atoms with E-state index in [0.717, 1.165) is 49.5 Å². The van der Waals surface area contributed by atoms with E-state index in [2.05, 4.69) is 29.2 Å². The Hall–Kier alpha value is -2.23.